The molecule has 29 heavy (non-hydrogen) atoms. The van der Waals surface area contributed by atoms with Gasteiger partial charge in [-0.25, -0.2) is 9.59 Å². The van der Waals surface area contributed by atoms with Crippen LogP contribution in [0.3, 0.4) is 0 Å². The van der Waals surface area contributed by atoms with Crippen LogP contribution in [0, 0.1) is 20.8 Å². The Hall–Kier alpha value is -3.73. The summed E-state index contributed by atoms with van der Waals surface area (Å²) in [7, 11) is 0. The minimum absolute atomic E-state index is 0.119. The fourth-order valence-electron chi connectivity index (χ4n) is 2.95. The zero-order valence-electron chi connectivity index (χ0n) is 16.5. The molecule has 0 heterocycles. The maximum absolute atomic E-state index is 12.7. The third-order valence-corrected chi connectivity index (χ3v) is 4.58. The van der Waals surface area contributed by atoms with Gasteiger partial charge in [0.25, 0.3) is 5.91 Å². The van der Waals surface area contributed by atoms with Gasteiger partial charge in [-0.3, -0.25) is 4.79 Å². The van der Waals surface area contributed by atoms with Crippen molar-refractivity contribution in [1.29, 1.82) is 0 Å². The van der Waals surface area contributed by atoms with E-state index in [1.54, 1.807) is 61.5 Å². The number of benzene rings is 3. The molecule has 146 valence electrons. The van der Waals surface area contributed by atoms with Crippen LogP contribution < -0.4 is 5.32 Å². The second-order valence-electron chi connectivity index (χ2n) is 6.81. The van der Waals surface area contributed by atoms with E-state index in [-0.39, 0.29) is 17.2 Å². The van der Waals surface area contributed by atoms with Gasteiger partial charge in [0, 0.05) is 5.56 Å². The van der Waals surface area contributed by atoms with Crippen LogP contribution in [-0.2, 0) is 4.74 Å². The number of amides is 1. The fourth-order valence-corrected chi connectivity index (χ4v) is 2.95. The normalized spacial score (nSPS) is 10.3. The summed E-state index contributed by atoms with van der Waals surface area (Å²) < 4.78 is 5.08. The molecule has 0 unspecified atom stereocenters. The monoisotopic (exact) mass is 387 g/mol. The van der Waals surface area contributed by atoms with Gasteiger partial charge < -0.3 is 10.1 Å². The van der Waals surface area contributed by atoms with E-state index < -0.39 is 11.9 Å². The SMILES string of the molecule is Cc1ccc(NC(=O)c2ccccc2C)c(C(=O)OC(=O)c2ccccc2C)c1. The van der Waals surface area contributed by atoms with E-state index in [0.717, 1.165) is 11.1 Å². The third-order valence-electron chi connectivity index (χ3n) is 4.58. The highest BCUT2D eigenvalue weighted by Crippen LogP contribution is 2.21. The zero-order valence-corrected chi connectivity index (χ0v) is 16.5. The Morgan fingerprint density at radius 3 is 1.86 bits per heavy atom. The molecule has 3 aromatic carbocycles. The second kappa shape index (κ2) is 8.52. The molecule has 0 atom stereocenters. The first-order valence-corrected chi connectivity index (χ1v) is 9.16. The van der Waals surface area contributed by atoms with Crippen LogP contribution in [0.1, 0.15) is 47.8 Å². The van der Waals surface area contributed by atoms with Crippen LogP contribution >= 0.6 is 0 Å². The lowest BCUT2D eigenvalue weighted by atomic mass is 10.1. The summed E-state index contributed by atoms with van der Waals surface area (Å²) in [6.07, 6.45) is 0. The van der Waals surface area contributed by atoms with Crippen LogP contribution in [0.15, 0.2) is 66.7 Å². The topological polar surface area (TPSA) is 72.5 Å². The number of aryl methyl sites for hydroxylation is 3. The summed E-state index contributed by atoms with van der Waals surface area (Å²) in [5.41, 5.74) is 3.55. The highest BCUT2D eigenvalue weighted by Gasteiger charge is 2.21. The minimum atomic E-state index is -0.818. The molecular formula is C24H21NO4. The standard InChI is InChI=1S/C24H21NO4/c1-15-12-13-21(25-22(26)18-10-6-4-8-16(18)2)20(14-15)24(28)29-23(27)19-11-7-5-9-17(19)3/h4-14H,1-3H3,(H,25,26). The molecule has 0 aliphatic carbocycles. The molecule has 0 spiro atoms. The number of nitrogens with one attached hydrogen (secondary N) is 1. The van der Waals surface area contributed by atoms with Crippen molar-refractivity contribution >= 4 is 23.5 Å². The van der Waals surface area contributed by atoms with Gasteiger partial charge in [0.05, 0.1) is 16.8 Å². The summed E-state index contributed by atoms with van der Waals surface area (Å²) in [5, 5.41) is 2.75. The lowest BCUT2D eigenvalue weighted by molar-refractivity contribution is 0.0398. The number of hydrogen-bond donors (Lipinski definition) is 1. The smallest absolute Gasteiger partial charge is 0.348 e. The van der Waals surface area contributed by atoms with E-state index in [0.29, 0.717) is 16.7 Å². The molecular weight excluding hydrogens is 366 g/mol. The van der Waals surface area contributed by atoms with Gasteiger partial charge in [-0.05, 0) is 56.2 Å². The maximum atomic E-state index is 12.7. The average Bonchev–Trinajstić information content (AvgIpc) is 2.69. The van der Waals surface area contributed by atoms with Crippen LogP contribution in [0.4, 0.5) is 5.69 Å². The van der Waals surface area contributed by atoms with Crippen LogP contribution in [0.5, 0.6) is 0 Å². The molecule has 3 aromatic rings. The van der Waals surface area contributed by atoms with Gasteiger partial charge in [0.15, 0.2) is 0 Å². The Kier molecular flexibility index (Phi) is 5.88. The Morgan fingerprint density at radius 2 is 1.24 bits per heavy atom. The maximum Gasteiger partial charge on any atom is 0.348 e. The van der Waals surface area contributed by atoms with Crippen molar-refractivity contribution in [3.63, 3.8) is 0 Å². The molecule has 5 nitrogen and oxygen atoms in total. The number of carbonyl (C=O) groups excluding carboxylic acids is 3. The van der Waals surface area contributed by atoms with Gasteiger partial charge >= 0.3 is 11.9 Å². The van der Waals surface area contributed by atoms with E-state index in [2.05, 4.69) is 5.32 Å². The molecule has 0 aliphatic heterocycles. The lowest BCUT2D eigenvalue weighted by Gasteiger charge is -2.13. The third kappa shape index (κ3) is 4.58. The number of carbonyl (C=O) groups is 3. The average molecular weight is 387 g/mol. The number of rotatable bonds is 4. The van der Waals surface area contributed by atoms with Crippen LogP contribution in [0.2, 0.25) is 0 Å². The van der Waals surface area contributed by atoms with E-state index in [9.17, 15) is 14.4 Å². The molecule has 0 saturated heterocycles. The first-order valence-electron chi connectivity index (χ1n) is 9.16. The van der Waals surface area contributed by atoms with Crippen molar-refractivity contribution in [2.24, 2.45) is 0 Å². The first kappa shape index (κ1) is 20.0. The summed E-state index contributed by atoms with van der Waals surface area (Å²) in [5.74, 6) is -1.89. The molecule has 5 heteroatoms. The van der Waals surface area contributed by atoms with Crippen molar-refractivity contribution in [3.05, 3.63) is 100 Å². The molecule has 0 aliphatic rings. The Morgan fingerprint density at radius 1 is 0.690 bits per heavy atom. The van der Waals surface area contributed by atoms with Crippen molar-refractivity contribution in [1.82, 2.24) is 0 Å². The Bertz CT molecular complexity index is 1100. The molecule has 0 bridgehead atoms. The molecule has 0 radical (unpaired) electrons. The van der Waals surface area contributed by atoms with E-state index in [4.69, 9.17) is 4.74 Å². The minimum Gasteiger partial charge on any atom is -0.386 e. The highest BCUT2D eigenvalue weighted by atomic mass is 16.6. The van der Waals surface area contributed by atoms with E-state index in [1.807, 2.05) is 26.0 Å². The molecule has 0 fully saturated rings. The number of esters is 2. The lowest BCUT2D eigenvalue weighted by Crippen LogP contribution is -2.19. The largest absolute Gasteiger partial charge is 0.386 e. The van der Waals surface area contributed by atoms with Gasteiger partial charge in [-0.2, -0.15) is 0 Å². The van der Waals surface area contributed by atoms with Gasteiger partial charge in [0.2, 0.25) is 0 Å². The van der Waals surface area contributed by atoms with Crippen LogP contribution in [-0.4, -0.2) is 17.8 Å². The van der Waals surface area contributed by atoms with Gasteiger partial charge in [-0.15, -0.1) is 0 Å². The van der Waals surface area contributed by atoms with Crippen molar-refractivity contribution < 1.29 is 19.1 Å². The second-order valence-corrected chi connectivity index (χ2v) is 6.81. The van der Waals surface area contributed by atoms with Crippen LogP contribution in [0.25, 0.3) is 0 Å². The first-order chi connectivity index (χ1) is 13.9. The predicted molar refractivity (Wildman–Crippen MR) is 111 cm³/mol. The Balaban J connectivity index is 1.86. The number of ether oxygens (including phenoxy) is 1. The van der Waals surface area contributed by atoms with E-state index >= 15 is 0 Å². The highest BCUT2D eigenvalue weighted by molar-refractivity contribution is 6.11. The zero-order chi connectivity index (χ0) is 21.0. The summed E-state index contributed by atoms with van der Waals surface area (Å²) in [6.45, 7) is 5.41. The van der Waals surface area contributed by atoms with Gasteiger partial charge in [0.1, 0.15) is 0 Å². The van der Waals surface area contributed by atoms with Crippen molar-refractivity contribution in [3.8, 4) is 0 Å². The Labute approximate surface area is 169 Å². The van der Waals surface area contributed by atoms with Gasteiger partial charge in [-0.1, -0.05) is 48.0 Å². The quantitative estimate of drug-likeness (QED) is 0.512. The molecule has 0 aromatic heterocycles. The summed E-state index contributed by atoms with van der Waals surface area (Å²) >= 11 is 0. The van der Waals surface area contributed by atoms with E-state index in [1.165, 1.54) is 0 Å². The molecule has 1 N–H and O–H groups in total. The number of anilines is 1. The summed E-state index contributed by atoms with van der Waals surface area (Å²) in [4.78, 5) is 37.8. The fraction of sp³-hybridized carbons (Fsp3) is 0.125. The number of hydrogen-bond acceptors (Lipinski definition) is 4. The summed E-state index contributed by atoms with van der Waals surface area (Å²) in [6, 6.07) is 19.0. The molecule has 1 amide bonds. The molecule has 0 saturated carbocycles. The van der Waals surface area contributed by atoms with Crippen molar-refractivity contribution in [2.45, 2.75) is 20.8 Å². The predicted octanol–water partition coefficient (Wildman–Crippen LogP) is 4.86. The molecule has 3 rings (SSSR count). The van der Waals surface area contributed by atoms with Crippen molar-refractivity contribution in [2.75, 3.05) is 5.32 Å².